The number of aryl methyl sites for hydroxylation is 2. The summed E-state index contributed by atoms with van der Waals surface area (Å²) in [6.45, 7) is 4.91. The van der Waals surface area contributed by atoms with Crippen molar-refractivity contribution in [3.63, 3.8) is 0 Å². The summed E-state index contributed by atoms with van der Waals surface area (Å²) >= 11 is 0. The van der Waals surface area contributed by atoms with Gasteiger partial charge in [0.25, 0.3) is 5.91 Å². The van der Waals surface area contributed by atoms with Gasteiger partial charge in [-0.3, -0.25) is 4.79 Å². The van der Waals surface area contributed by atoms with Crippen LogP contribution in [0, 0.1) is 6.92 Å². The van der Waals surface area contributed by atoms with Crippen molar-refractivity contribution >= 4 is 28.0 Å². The van der Waals surface area contributed by atoms with Crippen LogP contribution in [-0.2, 0) is 7.05 Å². The molecule has 7 nitrogen and oxygen atoms in total. The fraction of sp³-hybridized carbons (Fsp3) is 0.222. The number of carbonyl (C=O) groups excluding carboxylic acids is 1. The van der Waals surface area contributed by atoms with Gasteiger partial charge in [-0.05, 0) is 55.8 Å². The summed E-state index contributed by atoms with van der Waals surface area (Å²) in [4.78, 5) is 25.7. The Hall–Kier alpha value is -4.13. The number of hydrogen-bond donors (Lipinski definition) is 2. The molecule has 0 saturated carbocycles. The van der Waals surface area contributed by atoms with E-state index in [0.29, 0.717) is 18.7 Å². The maximum Gasteiger partial charge on any atom is 0.251 e. The first kappa shape index (κ1) is 21.7. The lowest BCUT2D eigenvalue weighted by Gasteiger charge is -2.10. The Bertz CT molecular complexity index is 1450. The second-order valence-electron chi connectivity index (χ2n) is 8.46. The van der Waals surface area contributed by atoms with Crippen molar-refractivity contribution in [3.8, 4) is 5.75 Å². The van der Waals surface area contributed by atoms with E-state index < -0.39 is 0 Å². The standard InChI is InChI=1S/C27H27N5O2/c1-17-8-4-7-11-24(17)34-15-14-28-27(33)19-12-13-22-23(16-19)32(3)26(31-22)18(2)25-29-20-9-5-6-10-21(20)30-25/h4-13,16,18H,14-15H2,1-3H3,(H,28,33)(H,29,30). The highest BCUT2D eigenvalue weighted by Crippen LogP contribution is 2.27. The second kappa shape index (κ2) is 9.02. The molecule has 5 rings (SSSR count). The number of carbonyl (C=O) groups is 1. The zero-order valence-corrected chi connectivity index (χ0v) is 19.5. The Balaban J connectivity index is 1.30. The molecule has 0 spiro atoms. The van der Waals surface area contributed by atoms with E-state index in [2.05, 4.69) is 17.2 Å². The Labute approximate surface area is 197 Å². The summed E-state index contributed by atoms with van der Waals surface area (Å²) in [5.74, 6) is 2.42. The molecule has 2 N–H and O–H groups in total. The van der Waals surface area contributed by atoms with Gasteiger partial charge in [0.05, 0.1) is 34.5 Å². The highest BCUT2D eigenvalue weighted by atomic mass is 16.5. The molecule has 0 saturated heterocycles. The molecule has 34 heavy (non-hydrogen) atoms. The number of aromatic amines is 1. The first-order chi connectivity index (χ1) is 16.5. The minimum atomic E-state index is -0.136. The number of amides is 1. The third-order valence-electron chi connectivity index (χ3n) is 6.12. The molecule has 7 heteroatoms. The van der Waals surface area contributed by atoms with Gasteiger partial charge >= 0.3 is 0 Å². The molecule has 2 heterocycles. The van der Waals surface area contributed by atoms with Gasteiger partial charge in [-0.25, -0.2) is 9.97 Å². The molecule has 0 radical (unpaired) electrons. The van der Waals surface area contributed by atoms with E-state index in [4.69, 9.17) is 14.7 Å². The first-order valence-corrected chi connectivity index (χ1v) is 11.4. The number of nitrogens with zero attached hydrogens (tertiary/aromatic N) is 3. The summed E-state index contributed by atoms with van der Waals surface area (Å²) < 4.78 is 7.80. The molecule has 0 aliphatic rings. The number of nitrogens with one attached hydrogen (secondary N) is 2. The van der Waals surface area contributed by atoms with Gasteiger partial charge in [-0.2, -0.15) is 0 Å². The molecule has 1 amide bonds. The normalized spacial score (nSPS) is 12.2. The molecule has 172 valence electrons. The monoisotopic (exact) mass is 453 g/mol. The molecule has 3 aromatic carbocycles. The van der Waals surface area contributed by atoms with Crippen LogP contribution in [0.4, 0.5) is 0 Å². The first-order valence-electron chi connectivity index (χ1n) is 11.4. The van der Waals surface area contributed by atoms with Crippen molar-refractivity contribution in [1.29, 1.82) is 0 Å². The Kier molecular flexibility index (Phi) is 5.76. The zero-order valence-electron chi connectivity index (χ0n) is 19.5. The van der Waals surface area contributed by atoms with E-state index in [1.165, 1.54) is 0 Å². The quantitative estimate of drug-likeness (QED) is 0.349. The lowest BCUT2D eigenvalue weighted by Crippen LogP contribution is -2.28. The third kappa shape index (κ3) is 4.12. The molecule has 0 bridgehead atoms. The van der Waals surface area contributed by atoms with E-state index in [1.54, 1.807) is 0 Å². The predicted octanol–water partition coefficient (Wildman–Crippen LogP) is 4.72. The van der Waals surface area contributed by atoms with E-state index in [9.17, 15) is 4.79 Å². The van der Waals surface area contributed by atoms with Gasteiger partial charge in [0.1, 0.15) is 24.0 Å². The van der Waals surface area contributed by atoms with Crippen molar-refractivity contribution in [2.75, 3.05) is 13.2 Å². The van der Waals surface area contributed by atoms with Crippen LogP contribution in [0.1, 0.15) is 40.4 Å². The molecule has 0 fully saturated rings. The average molecular weight is 454 g/mol. The Morgan fingerprint density at radius 2 is 1.85 bits per heavy atom. The van der Waals surface area contributed by atoms with Crippen molar-refractivity contribution < 1.29 is 9.53 Å². The van der Waals surface area contributed by atoms with Gasteiger partial charge in [-0.1, -0.05) is 30.3 Å². The topological polar surface area (TPSA) is 84.8 Å². The Morgan fingerprint density at radius 1 is 1.06 bits per heavy atom. The lowest BCUT2D eigenvalue weighted by molar-refractivity contribution is 0.0947. The molecular formula is C27H27N5O2. The number of H-pyrrole nitrogens is 1. The third-order valence-corrected chi connectivity index (χ3v) is 6.12. The van der Waals surface area contributed by atoms with E-state index in [1.807, 2.05) is 85.3 Å². The molecule has 0 aliphatic carbocycles. The zero-order chi connectivity index (χ0) is 23.7. The average Bonchev–Trinajstić information content (AvgIpc) is 3.43. The number of para-hydroxylation sites is 3. The summed E-state index contributed by atoms with van der Waals surface area (Å²) in [5.41, 5.74) is 5.36. The molecule has 1 atom stereocenters. The van der Waals surface area contributed by atoms with Crippen LogP contribution in [0.2, 0.25) is 0 Å². The maximum absolute atomic E-state index is 12.7. The van der Waals surface area contributed by atoms with Gasteiger partial charge in [0.2, 0.25) is 0 Å². The summed E-state index contributed by atoms with van der Waals surface area (Å²) in [5, 5.41) is 2.93. The van der Waals surface area contributed by atoms with Gasteiger partial charge in [0.15, 0.2) is 0 Å². The van der Waals surface area contributed by atoms with Gasteiger partial charge in [0, 0.05) is 12.6 Å². The summed E-state index contributed by atoms with van der Waals surface area (Å²) in [6, 6.07) is 21.4. The molecule has 5 aromatic rings. The van der Waals surface area contributed by atoms with Crippen LogP contribution in [0.25, 0.3) is 22.1 Å². The van der Waals surface area contributed by atoms with Crippen molar-refractivity contribution in [1.82, 2.24) is 24.8 Å². The van der Waals surface area contributed by atoms with Crippen LogP contribution in [-0.4, -0.2) is 38.6 Å². The van der Waals surface area contributed by atoms with Crippen LogP contribution in [0.3, 0.4) is 0 Å². The fourth-order valence-electron chi connectivity index (χ4n) is 4.18. The minimum Gasteiger partial charge on any atom is -0.491 e. The number of hydrogen-bond acceptors (Lipinski definition) is 4. The lowest BCUT2D eigenvalue weighted by atomic mass is 10.1. The number of aromatic nitrogens is 4. The molecule has 1 unspecified atom stereocenters. The number of ether oxygens (including phenoxy) is 1. The number of rotatable bonds is 7. The van der Waals surface area contributed by atoms with E-state index in [-0.39, 0.29) is 11.8 Å². The fourth-order valence-corrected chi connectivity index (χ4v) is 4.18. The number of benzene rings is 3. The Morgan fingerprint density at radius 3 is 2.68 bits per heavy atom. The van der Waals surface area contributed by atoms with Crippen molar-refractivity contribution in [2.45, 2.75) is 19.8 Å². The van der Waals surface area contributed by atoms with Crippen LogP contribution in [0.5, 0.6) is 5.75 Å². The van der Waals surface area contributed by atoms with Crippen LogP contribution in [0.15, 0.2) is 66.7 Å². The highest BCUT2D eigenvalue weighted by Gasteiger charge is 2.20. The number of fused-ring (bicyclic) bond motifs is 2. The van der Waals surface area contributed by atoms with Crippen molar-refractivity contribution in [3.05, 3.63) is 89.5 Å². The molecule has 2 aromatic heterocycles. The van der Waals surface area contributed by atoms with Crippen LogP contribution < -0.4 is 10.1 Å². The van der Waals surface area contributed by atoms with Crippen molar-refractivity contribution in [2.24, 2.45) is 7.05 Å². The molecule has 0 aliphatic heterocycles. The second-order valence-corrected chi connectivity index (χ2v) is 8.46. The summed E-state index contributed by atoms with van der Waals surface area (Å²) in [6.07, 6.45) is 0. The maximum atomic E-state index is 12.7. The largest absolute Gasteiger partial charge is 0.491 e. The predicted molar refractivity (Wildman–Crippen MR) is 133 cm³/mol. The van der Waals surface area contributed by atoms with Gasteiger partial charge in [-0.15, -0.1) is 0 Å². The minimum absolute atomic E-state index is 0.0272. The van der Waals surface area contributed by atoms with E-state index >= 15 is 0 Å². The SMILES string of the molecule is Cc1ccccc1OCCNC(=O)c1ccc2nc(C(C)c3nc4ccccc4[nH]3)n(C)c2c1. The van der Waals surface area contributed by atoms with Crippen LogP contribution >= 0.6 is 0 Å². The van der Waals surface area contributed by atoms with E-state index in [0.717, 1.165) is 45.0 Å². The highest BCUT2D eigenvalue weighted by molar-refractivity contribution is 5.97. The number of imidazole rings is 2. The molecular weight excluding hydrogens is 426 g/mol. The van der Waals surface area contributed by atoms with Gasteiger partial charge < -0.3 is 19.6 Å². The smallest absolute Gasteiger partial charge is 0.251 e. The summed E-state index contributed by atoms with van der Waals surface area (Å²) in [7, 11) is 1.97.